The lowest BCUT2D eigenvalue weighted by molar-refractivity contribution is -0.110. The second-order valence-electron chi connectivity index (χ2n) is 8.25. The van der Waals surface area contributed by atoms with E-state index in [-0.39, 0.29) is 17.9 Å². The number of aromatic nitrogens is 1. The van der Waals surface area contributed by atoms with Crippen LogP contribution < -0.4 is 0 Å². The maximum absolute atomic E-state index is 13.5. The van der Waals surface area contributed by atoms with Crippen molar-refractivity contribution in [2.24, 2.45) is 5.92 Å². The molecule has 2 N–H and O–H groups in total. The Labute approximate surface area is 165 Å². The number of fused-ring (bicyclic) bond motifs is 2. The molecule has 1 aliphatic carbocycles. The summed E-state index contributed by atoms with van der Waals surface area (Å²) in [6.07, 6.45) is 6.59. The highest BCUT2D eigenvalue weighted by atomic mass is 16.3. The van der Waals surface area contributed by atoms with E-state index in [2.05, 4.69) is 4.98 Å². The Kier molecular flexibility index (Phi) is 4.24. The maximum atomic E-state index is 13.5. The summed E-state index contributed by atoms with van der Waals surface area (Å²) < 4.78 is 0. The molecular weight excluding hydrogens is 348 g/mol. The molecule has 1 amide bonds. The second kappa shape index (κ2) is 6.78. The highest BCUT2D eigenvalue weighted by molar-refractivity contribution is 6.06. The van der Waals surface area contributed by atoms with Crippen LogP contribution in [0, 0.1) is 5.92 Å². The predicted molar refractivity (Wildman–Crippen MR) is 110 cm³/mol. The predicted octanol–water partition coefficient (Wildman–Crippen LogP) is 4.46. The standard InChI is InChI=1S/C24H26N2O2/c27-23(19-16-25-21-12-6-4-10-18(19)21)26-15-14-24(28,17-8-2-1-3-9-17)20-11-5-7-13-22(20)26/h1-4,6,8-10,12,16,20,22,25,28H,5,7,11,13-15H2/t20-,22+,24?/m1/s1. The van der Waals surface area contributed by atoms with Crippen molar-refractivity contribution < 1.29 is 9.90 Å². The van der Waals surface area contributed by atoms with Crippen LogP contribution in [0.3, 0.4) is 0 Å². The van der Waals surface area contributed by atoms with Crippen LogP contribution >= 0.6 is 0 Å². The lowest BCUT2D eigenvalue weighted by Gasteiger charge is -2.52. The lowest BCUT2D eigenvalue weighted by Crippen LogP contribution is -2.58. The Bertz CT molecular complexity index is 996. The molecule has 0 radical (unpaired) electrons. The van der Waals surface area contributed by atoms with Gasteiger partial charge in [0.05, 0.1) is 11.2 Å². The fourth-order valence-electron chi connectivity index (χ4n) is 5.42. The molecule has 1 saturated heterocycles. The van der Waals surface area contributed by atoms with Gasteiger partial charge in [0.15, 0.2) is 0 Å². The molecule has 1 aliphatic heterocycles. The largest absolute Gasteiger partial charge is 0.385 e. The van der Waals surface area contributed by atoms with Gasteiger partial charge in [-0.05, 0) is 30.9 Å². The first-order chi connectivity index (χ1) is 13.7. The molecule has 4 heteroatoms. The SMILES string of the molecule is O=C(c1c[nH]c2ccccc12)N1CCC(O)(c2ccccc2)[C@@H]2CCCC[C@@H]21. The molecule has 1 unspecified atom stereocenters. The first-order valence-corrected chi connectivity index (χ1v) is 10.3. The summed E-state index contributed by atoms with van der Waals surface area (Å²) in [6.45, 7) is 0.588. The van der Waals surface area contributed by atoms with E-state index < -0.39 is 5.60 Å². The molecule has 28 heavy (non-hydrogen) atoms. The van der Waals surface area contributed by atoms with Crippen molar-refractivity contribution in [3.8, 4) is 0 Å². The van der Waals surface area contributed by atoms with Gasteiger partial charge in [-0.2, -0.15) is 0 Å². The minimum atomic E-state index is -0.844. The number of rotatable bonds is 2. The second-order valence-corrected chi connectivity index (χ2v) is 8.25. The highest BCUT2D eigenvalue weighted by Crippen LogP contribution is 2.47. The number of H-pyrrole nitrogens is 1. The van der Waals surface area contributed by atoms with Crippen LogP contribution in [0.1, 0.15) is 48.0 Å². The highest BCUT2D eigenvalue weighted by Gasteiger charge is 2.50. The number of amides is 1. The molecule has 1 aromatic heterocycles. The van der Waals surface area contributed by atoms with Gasteiger partial charge in [-0.1, -0.05) is 61.4 Å². The molecule has 2 heterocycles. The van der Waals surface area contributed by atoms with Crippen molar-refractivity contribution in [2.45, 2.75) is 43.7 Å². The van der Waals surface area contributed by atoms with Crippen LogP contribution in [0.2, 0.25) is 0 Å². The van der Waals surface area contributed by atoms with Crippen LogP contribution in [0.15, 0.2) is 60.8 Å². The van der Waals surface area contributed by atoms with Gasteiger partial charge in [-0.25, -0.2) is 0 Å². The van der Waals surface area contributed by atoms with Crippen LogP contribution in [-0.4, -0.2) is 33.5 Å². The number of nitrogens with one attached hydrogen (secondary N) is 1. The first kappa shape index (κ1) is 17.5. The average molecular weight is 374 g/mol. The summed E-state index contributed by atoms with van der Waals surface area (Å²) in [5, 5.41) is 12.7. The van der Waals surface area contributed by atoms with E-state index in [0.29, 0.717) is 13.0 Å². The van der Waals surface area contributed by atoms with Crippen molar-refractivity contribution in [1.82, 2.24) is 9.88 Å². The van der Waals surface area contributed by atoms with Gasteiger partial charge in [0, 0.05) is 35.6 Å². The Morgan fingerprint density at radius 2 is 1.79 bits per heavy atom. The molecule has 4 nitrogen and oxygen atoms in total. The van der Waals surface area contributed by atoms with E-state index in [1.54, 1.807) is 0 Å². The van der Waals surface area contributed by atoms with E-state index >= 15 is 0 Å². The van der Waals surface area contributed by atoms with Gasteiger partial charge in [0.1, 0.15) is 0 Å². The van der Waals surface area contributed by atoms with E-state index in [9.17, 15) is 9.90 Å². The van der Waals surface area contributed by atoms with Gasteiger partial charge in [0.2, 0.25) is 0 Å². The number of hydrogen-bond donors (Lipinski definition) is 2. The number of aliphatic hydroxyl groups is 1. The Balaban J connectivity index is 1.50. The minimum Gasteiger partial charge on any atom is -0.385 e. The zero-order valence-corrected chi connectivity index (χ0v) is 16.0. The molecule has 144 valence electrons. The van der Waals surface area contributed by atoms with Gasteiger partial charge in [-0.3, -0.25) is 4.79 Å². The van der Waals surface area contributed by atoms with Crippen molar-refractivity contribution in [3.05, 3.63) is 71.9 Å². The summed E-state index contributed by atoms with van der Waals surface area (Å²) in [4.78, 5) is 18.8. The molecule has 0 bridgehead atoms. The van der Waals surface area contributed by atoms with Crippen LogP contribution in [0.5, 0.6) is 0 Å². The summed E-state index contributed by atoms with van der Waals surface area (Å²) >= 11 is 0. The van der Waals surface area contributed by atoms with E-state index in [4.69, 9.17) is 0 Å². The van der Waals surface area contributed by atoms with E-state index in [0.717, 1.165) is 47.7 Å². The monoisotopic (exact) mass is 374 g/mol. The van der Waals surface area contributed by atoms with Gasteiger partial charge < -0.3 is 15.0 Å². The van der Waals surface area contributed by atoms with E-state index in [1.165, 1.54) is 0 Å². The topological polar surface area (TPSA) is 56.3 Å². The van der Waals surface area contributed by atoms with E-state index in [1.807, 2.05) is 65.7 Å². The zero-order valence-electron chi connectivity index (χ0n) is 16.0. The van der Waals surface area contributed by atoms with Gasteiger partial charge in [-0.15, -0.1) is 0 Å². The number of benzene rings is 2. The van der Waals surface area contributed by atoms with Crippen LogP contribution in [-0.2, 0) is 5.60 Å². The summed E-state index contributed by atoms with van der Waals surface area (Å²) in [7, 11) is 0. The quantitative estimate of drug-likeness (QED) is 0.696. The molecule has 2 aromatic carbocycles. The normalized spacial score (nSPS) is 27.5. The zero-order chi connectivity index (χ0) is 19.1. The smallest absolute Gasteiger partial charge is 0.256 e. The minimum absolute atomic E-state index is 0.0875. The summed E-state index contributed by atoms with van der Waals surface area (Å²) in [5.74, 6) is 0.177. The van der Waals surface area contributed by atoms with Crippen LogP contribution in [0.25, 0.3) is 10.9 Å². The third kappa shape index (κ3) is 2.67. The molecule has 2 fully saturated rings. The molecule has 3 aromatic rings. The van der Waals surface area contributed by atoms with Gasteiger partial charge in [0.25, 0.3) is 5.91 Å². The number of carbonyl (C=O) groups is 1. The lowest BCUT2D eigenvalue weighted by atomic mass is 9.66. The number of likely N-dealkylation sites (tertiary alicyclic amines) is 1. The number of hydrogen-bond acceptors (Lipinski definition) is 2. The van der Waals surface area contributed by atoms with Crippen molar-refractivity contribution in [1.29, 1.82) is 0 Å². The Morgan fingerprint density at radius 3 is 2.64 bits per heavy atom. The van der Waals surface area contributed by atoms with Crippen molar-refractivity contribution in [3.63, 3.8) is 0 Å². The van der Waals surface area contributed by atoms with Crippen LogP contribution in [0.4, 0.5) is 0 Å². The fraction of sp³-hybridized carbons (Fsp3) is 0.375. The Morgan fingerprint density at radius 1 is 1.04 bits per heavy atom. The maximum Gasteiger partial charge on any atom is 0.256 e. The first-order valence-electron chi connectivity index (χ1n) is 10.3. The number of nitrogens with zero attached hydrogens (tertiary/aromatic N) is 1. The number of para-hydroxylation sites is 1. The molecule has 2 aliphatic rings. The number of piperidine rings is 1. The van der Waals surface area contributed by atoms with Crippen molar-refractivity contribution in [2.75, 3.05) is 6.54 Å². The summed E-state index contributed by atoms with van der Waals surface area (Å²) in [5.41, 5.74) is 1.88. The third-order valence-electron chi connectivity index (χ3n) is 6.83. The average Bonchev–Trinajstić information content (AvgIpc) is 3.19. The summed E-state index contributed by atoms with van der Waals surface area (Å²) in [6, 6.07) is 18.1. The molecule has 3 atom stereocenters. The fourth-order valence-corrected chi connectivity index (χ4v) is 5.42. The molecule has 0 spiro atoms. The third-order valence-corrected chi connectivity index (χ3v) is 6.83. The number of aromatic amines is 1. The Hall–Kier alpha value is -2.59. The molecule has 1 saturated carbocycles. The van der Waals surface area contributed by atoms with Crippen molar-refractivity contribution >= 4 is 16.8 Å². The van der Waals surface area contributed by atoms with Gasteiger partial charge >= 0.3 is 0 Å². The number of carbonyl (C=O) groups excluding carboxylic acids is 1. The molecule has 5 rings (SSSR count). The molecular formula is C24H26N2O2.